The number of nitrogens with two attached hydrogens (primary N) is 1. The molecule has 2 N–H and O–H groups in total. The maximum atomic E-state index is 8.13. The first kappa shape index (κ1) is 7.41. The predicted octanol–water partition coefficient (Wildman–Crippen LogP) is -0.126. The zero-order valence-corrected chi connectivity index (χ0v) is 4.92. The lowest BCUT2D eigenvalue weighted by molar-refractivity contribution is 0.192. The van der Waals surface area contributed by atoms with E-state index in [-0.39, 0.29) is 6.04 Å². The third-order valence-electron chi connectivity index (χ3n) is 0.799. The summed E-state index contributed by atoms with van der Waals surface area (Å²) in [6, 6.07) is 1.53. The average molecular weight is 114 g/mol. The number of rotatable bonds is 3. The zero-order chi connectivity index (χ0) is 6.41. The Morgan fingerprint density at radius 3 is 2.88 bits per heavy atom. The van der Waals surface area contributed by atoms with E-state index in [9.17, 15) is 0 Å². The highest BCUT2D eigenvalue weighted by molar-refractivity contribution is 4.85. The van der Waals surface area contributed by atoms with E-state index in [1.54, 1.807) is 7.11 Å². The molecule has 0 aromatic carbocycles. The molecule has 3 heteroatoms. The van der Waals surface area contributed by atoms with Crippen molar-refractivity contribution in [3.8, 4) is 6.07 Å². The summed E-state index contributed by atoms with van der Waals surface area (Å²) in [4.78, 5) is 0. The molecule has 0 unspecified atom stereocenters. The molecular weight excluding hydrogens is 104 g/mol. The molecule has 0 heterocycles. The van der Waals surface area contributed by atoms with Crippen LogP contribution >= 0.6 is 0 Å². The predicted molar refractivity (Wildman–Crippen MR) is 30.1 cm³/mol. The van der Waals surface area contributed by atoms with Crippen LogP contribution in [-0.4, -0.2) is 19.8 Å². The van der Waals surface area contributed by atoms with Crippen LogP contribution in [0.4, 0.5) is 0 Å². The van der Waals surface area contributed by atoms with E-state index in [0.717, 1.165) is 0 Å². The van der Waals surface area contributed by atoms with Crippen molar-refractivity contribution in [2.75, 3.05) is 13.7 Å². The monoisotopic (exact) mass is 114 g/mol. The summed E-state index contributed by atoms with van der Waals surface area (Å²) in [5.41, 5.74) is 5.22. The zero-order valence-electron chi connectivity index (χ0n) is 4.92. The Bertz CT molecular complexity index is 86.9. The number of hydrogen-bond acceptors (Lipinski definition) is 3. The van der Waals surface area contributed by atoms with Gasteiger partial charge < -0.3 is 10.5 Å². The second-order valence-corrected chi connectivity index (χ2v) is 1.52. The summed E-state index contributed by atoms with van der Waals surface area (Å²) < 4.78 is 4.68. The van der Waals surface area contributed by atoms with Crippen LogP contribution in [0.25, 0.3) is 0 Å². The summed E-state index contributed by atoms with van der Waals surface area (Å²) in [6.45, 7) is 0.564. The Kier molecular flexibility index (Phi) is 4.23. The minimum absolute atomic E-state index is 0.366. The minimum Gasteiger partial charge on any atom is -0.385 e. The molecule has 0 saturated heterocycles. The van der Waals surface area contributed by atoms with Crippen LogP contribution in [0.15, 0.2) is 0 Å². The van der Waals surface area contributed by atoms with Crippen molar-refractivity contribution in [3.63, 3.8) is 0 Å². The molecule has 0 aromatic rings. The quantitative estimate of drug-likeness (QED) is 0.556. The molecule has 0 aliphatic rings. The van der Waals surface area contributed by atoms with Crippen molar-refractivity contribution in [1.29, 1.82) is 5.26 Å². The van der Waals surface area contributed by atoms with Crippen LogP contribution in [0.1, 0.15) is 6.42 Å². The Balaban J connectivity index is 3.02. The van der Waals surface area contributed by atoms with Crippen molar-refractivity contribution >= 4 is 0 Å². The van der Waals surface area contributed by atoms with Crippen molar-refractivity contribution in [3.05, 3.63) is 0 Å². The fraction of sp³-hybridized carbons (Fsp3) is 0.800. The van der Waals surface area contributed by atoms with Gasteiger partial charge in [0, 0.05) is 13.7 Å². The first-order chi connectivity index (χ1) is 3.81. The van der Waals surface area contributed by atoms with Crippen molar-refractivity contribution in [2.24, 2.45) is 5.73 Å². The molecule has 0 aliphatic carbocycles. The lowest BCUT2D eigenvalue weighted by Gasteiger charge is -1.97. The van der Waals surface area contributed by atoms with E-state index in [4.69, 9.17) is 11.0 Å². The van der Waals surface area contributed by atoms with Gasteiger partial charge in [-0.25, -0.2) is 0 Å². The Morgan fingerprint density at radius 1 is 1.88 bits per heavy atom. The van der Waals surface area contributed by atoms with Gasteiger partial charge in [0.1, 0.15) is 0 Å². The van der Waals surface area contributed by atoms with Gasteiger partial charge in [0.25, 0.3) is 0 Å². The largest absolute Gasteiger partial charge is 0.385 e. The molecule has 0 fully saturated rings. The number of ether oxygens (including phenoxy) is 1. The third kappa shape index (κ3) is 3.59. The molecule has 0 aromatic heterocycles. The minimum atomic E-state index is -0.366. The summed E-state index contributed by atoms with van der Waals surface area (Å²) in [6.07, 6.45) is 0.618. The summed E-state index contributed by atoms with van der Waals surface area (Å²) >= 11 is 0. The number of hydrogen-bond donors (Lipinski definition) is 1. The second kappa shape index (κ2) is 4.57. The van der Waals surface area contributed by atoms with Crippen LogP contribution in [-0.2, 0) is 4.74 Å². The molecule has 46 valence electrons. The van der Waals surface area contributed by atoms with E-state index in [1.807, 2.05) is 6.07 Å². The molecule has 0 spiro atoms. The highest BCUT2D eigenvalue weighted by Crippen LogP contribution is 1.83. The van der Waals surface area contributed by atoms with Crippen molar-refractivity contribution in [2.45, 2.75) is 12.5 Å². The molecular formula is C5H10N2O. The normalized spacial score (nSPS) is 12.6. The lowest BCUT2D eigenvalue weighted by atomic mass is 10.3. The average Bonchev–Trinajstić information content (AvgIpc) is 1.83. The maximum absolute atomic E-state index is 8.13. The molecule has 0 rings (SSSR count). The Labute approximate surface area is 49.0 Å². The summed E-state index contributed by atoms with van der Waals surface area (Å²) in [7, 11) is 1.59. The first-order valence-corrected chi connectivity index (χ1v) is 2.45. The second-order valence-electron chi connectivity index (χ2n) is 1.52. The molecule has 1 atom stereocenters. The van der Waals surface area contributed by atoms with Gasteiger partial charge >= 0.3 is 0 Å². The highest BCUT2D eigenvalue weighted by atomic mass is 16.5. The van der Waals surface area contributed by atoms with Gasteiger partial charge in [0.15, 0.2) is 0 Å². The molecule has 0 amide bonds. The van der Waals surface area contributed by atoms with E-state index in [1.165, 1.54) is 0 Å². The molecule has 0 aliphatic heterocycles. The fourth-order valence-corrected chi connectivity index (χ4v) is 0.309. The van der Waals surface area contributed by atoms with Crippen LogP contribution < -0.4 is 5.73 Å². The fourth-order valence-electron chi connectivity index (χ4n) is 0.309. The maximum Gasteiger partial charge on any atom is 0.0950 e. The Hall–Kier alpha value is -0.590. The SMILES string of the molecule is COCC[C@@H](N)C#N. The van der Waals surface area contributed by atoms with Gasteiger partial charge in [-0.15, -0.1) is 0 Å². The standard InChI is InChI=1S/C5H10N2O/c1-8-3-2-5(7)4-6/h5H,2-3,7H2,1H3/t5-/m1/s1. The number of nitrogens with zero attached hydrogens (tertiary/aromatic N) is 1. The third-order valence-corrected chi connectivity index (χ3v) is 0.799. The lowest BCUT2D eigenvalue weighted by Crippen LogP contribution is -2.18. The van der Waals surface area contributed by atoms with E-state index >= 15 is 0 Å². The molecule has 0 saturated carbocycles. The smallest absolute Gasteiger partial charge is 0.0950 e. The highest BCUT2D eigenvalue weighted by Gasteiger charge is 1.95. The molecule has 3 nitrogen and oxygen atoms in total. The molecule has 0 radical (unpaired) electrons. The topological polar surface area (TPSA) is 59.0 Å². The van der Waals surface area contributed by atoms with Gasteiger partial charge in [-0.2, -0.15) is 5.26 Å². The van der Waals surface area contributed by atoms with Crippen LogP contribution in [0.2, 0.25) is 0 Å². The number of nitriles is 1. The van der Waals surface area contributed by atoms with Gasteiger partial charge in [-0.05, 0) is 6.42 Å². The van der Waals surface area contributed by atoms with Crippen molar-refractivity contribution < 1.29 is 4.74 Å². The van der Waals surface area contributed by atoms with Crippen LogP contribution in [0.3, 0.4) is 0 Å². The summed E-state index contributed by atoms with van der Waals surface area (Å²) in [5.74, 6) is 0. The van der Waals surface area contributed by atoms with E-state index in [0.29, 0.717) is 13.0 Å². The van der Waals surface area contributed by atoms with Gasteiger partial charge in [0.05, 0.1) is 12.1 Å². The van der Waals surface area contributed by atoms with Gasteiger partial charge in [0.2, 0.25) is 0 Å². The summed E-state index contributed by atoms with van der Waals surface area (Å²) in [5, 5.41) is 8.13. The Morgan fingerprint density at radius 2 is 2.50 bits per heavy atom. The molecule has 8 heavy (non-hydrogen) atoms. The number of methoxy groups -OCH3 is 1. The van der Waals surface area contributed by atoms with Crippen LogP contribution in [0.5, 0.6) is 0 Å². The first-order valence-electron chi connectivity index (χ1n) is 2.45. The van der Waals surface area contributed by atoms with Gasteiger partial charge in [-0.3, -0.25) is 0 Å². The van der Waals surface area contributed by atoms with Crippen molar-refractivity contribution in [1.82, 2.24) is 0 Å². The van der Waals surface area contributed by atoms with E-state index in [2.05, 4.69) is 4.74 Å². The van der Waals surface area contributed by atoms with E-state index < -0.39 is 0 Å². The van der Waals surface area contributed by atoms with Gasteiger partial charge in [-0.1, -0.05) is 0 Å². The van der Waals surface area contributed by atoms with Crippen LogP contribution in [0, 0.1) is 11.3 Å². The molecule has 0 bridgehead atoms.